The van der Waals surface area contributed by atoms with Gasteiger partial charge in [0, 0.05) is 12.6 Å². The molecule has 80 valence electrons. The van der Waals surface area contributed by atoms with Crippen LogP contribution in [0.2, 0.25) is 0 Å². The molecule has 0 saturated heterocycles. The second-order valence-corrected chi connectivity index (χ2v) is 3.38. The van der Waals surface area contributed by atoms with Gasteiger partial charge in [0.2, 0.25) is 5.91 Å². The zero-order valence-electron chi connectivity index (χ0n) is 9.16. The number of hydrogen-bond acceptors (Lipinski definition) is 2. The number of nitrogens with one attached hydrogen (secondary N) is 1. The lowest BCUT2D eigenvalue weighted by atomic mass is 10.0. The predicted molar refractivity (Wildman–Crippen MR) is 60.4 cm³/mol. The molecule has 2 N–H and O–H groups in total. The third-order valence-corrected chi connectivity index (χ3v) is 2.43. The number of phenols is 1. The van der Waals surface area contributed by atoms with Gasteiger partial charge < -0.3 is 10.4 Å². The highest BCUT2D eigenvalue weighted by Crippen LogP contribution is 2.20. The summed E-state index contributed by atoms with van der Waals surface area (Å²) in [6.45, 7) is 3.66. The van der Waals surface area contributed by atoms with E-state index in [0.29, 0.717) is 5.57 Å². The average molecular weight is 205 g/mol. The molecule has 0 aromatic heterocycles. The van der Waals surface area contributed by atoms with Gasteiger partial charge in [0.15, 0.2) is 0 Å². The van der Waals surface area contributed by atoms with E-state index in [9.17, 15) is 4.79 Å². The summed E-state index contributed by atoms with van der Waals surface area (Å²) in [5.74, 6) is 0.143. The number of carbonyl (C=O) groups excluding carboxylic acids is 1. The van der Waals surface area contributed by atoms with E-state index in [4.69, 9.17) is 5.11 Å². The summed E-state index contributed by atoms with van der Waals surface area (Å²) in [6, 6.07) is 6.79. The SMILES string of the molecule is CNC(=O)/C(C)=C(\C)c1ccc(O)cc1. The molecule has 0 heterocycles. The van der Waals surface area contributed by atoms with Crippen LogP contribution in [0.1, 0.15) is 19.4 Å². The summed E-state index contributed by atoms with van der Waals surface area (Å²) >= 11 is 0. The van der Waals surface area contributed by atoms with Gasteiger partial charge in [-0.15, -0.1) is 0 Å². The average Bonchev–Trinajstić information content (AvgIpc) is 2.27. The Balaban J connectivity index is 3.07. The first-order valence-corrected chi connectivity index (χ1v) is 4.75. The van der Waals surface area contributed by atoms with E-state index in [1.807, 2.05) is 6.92 Å². The highest BCUT2D eigenvalue weighted by molar-refractivity contribution is 6.00. The molecule has 0 saturated carbocycles. The van der Waals surface area contributed by atoms with Gasteiger partial charge in [-0.05, 0) is 37.1 Å². The minimum absolute atomic E-state index is 0.0828. The summed E-state index contributed by atoms with van der Waals surface area (Å²) < 4.78 is 0. The normalized spacial score (nSPS) is 11.9. The van der Waals surface area contributed by atoms with Crippen LogP contribution < -0.4 is 5.32 Å². The Morgan fingerprint density at radius 3 is 2.20 bits per heavy atom. The first-order valence-electron chi connectivity index (χ1n) is 4.75. The van der Waals surface area contributed by atoms with E-state index in [-0.39, 0.29) is 11.7 Å². The zero-order chi connectivity index (χ0) is 11.4. The second kappa shape index (κ2) is 4.64. The number of benzene rings is 1. The van der Waals surface area contributed by atoms with Crippen molar-refractivity contribution in [3.05, 3.63) is 35.4 Å². The number of likely N-dealkylation sites (N-methyl/N-ethyl adjacent to an activating group) is 1. The summed E-state index contributed by atoms with van der Waals surface area (Å²) in [5, 5.41) is 11.7. The molecule has 0 aliphatic rings. The Morgan fingerprint density at radius 2 is 1.73 bits per heavy atom. The maximum atomic E-state index is 11.4. The fourth-order valence-electron chi connectivity index (χ4n) is 1.29. The molecule has 0 spiro atoms. The first kappa shape index (κ1) is 11.3. The molecule has 1 aromatic rings. The Kier molecular flexibility index (Phi) is 3.50. The molecule has 0 fully saturated rings. The summed E-state index contributed by atoms with van der Waals surface area (Å²) in [4.78, 5) is 11.4. The summed E-state index contributed by atoms with van der Waals surface area (Å²) in [6.07, 6.45) is 0. The van der Waals surface area contributed by atoms with Gasteiger partial charge in [0.25, 0.3) is 0 Å². The second-order valence-electron chi connectivity index (χ2n) is 3.38. The highest BCUT2D eigenvalue weighted by atomic mass is 16.3. The van der Waals surface area contributed by atoms with Crippen molar-refractivity contribution in [3.8, 4) is 5.75 Å². The zero-order valence-corrected chi connectivity index (χ0v) is 9.16. The lowest BCUT2D eigenvalue weighted by Crippen LogP contribution is -2.19. The Bertz CT molecular complexity index is 391. The first-order chi connectivity index (χ1) is 7.06. The minimum Gasteiger partial charge on any atom is -0.508 e. The van der Waals surface area contributed by atoms with Crippen LogP contribution in [0.5, 0.6) is 5.75 Å². The van der Waals surface area contributed by atoms with E-state index in [0.717, 1.165) is 11.1 Å². The third-order valence-electron chi connectivity index (χ3n) is 2.43. The van der Waals surface area contributed by atoms with Crippen molar-refractivity contribution in [3.63, 3.8) is 0 Å². The van der Waals surface area contributed by atoms with E-state index in [1.54, 1.807) is 38.2 Å². The Labute approximate surface area is 89.4 Å². The molecule has 0 atom stereocenters. The molecule has 0 unspecified atom stereocenters. The highest BCUT2D eigenvalue weighted by Gasteiger charge is 2.06. The maximum absolute atomic E-state index is 11.4. The van der Waals surface area contributed by atoms with E-state index in [1.165, 1.54) is 0 Å². The number of rotatable bonds is 2. The van der Waals surface area contributed by atoms with Crippen LogP contribution in [0.3, 0.4) is 0 Å². The van der Waals surface area contributed by atoms with Gasteiger partial charge in [-0.25, -0.2) is 0 Å². The lowest BCUT2D eigenvalue weighted by Gasteiger charge is -2.06. The van der Waals surface area contributed by atoms with Crippen molar-refractivity contribution in [2.75, 3.05) is 7.05 Å². The maximum Gasteiger partial charge on any atom is 0.246 e. The van der Waals surface area contributed by atoms with Crippen molar-refractivity contribution in [1.82, 2.24) is 5.32 Å². The number of amides is 1. The van der Waals surface area contributed by atoms with Crippen LogP contribution in [-0.2, 0) is 4.79 Å². The van der Waals surface area contributed by atoms with Crippen LogP contribution in [0.4, 0.5) is 0 Å². The number of aromatic hydroxyl groups is 1. The molecule has 0 aliphatic carbocycles. The van der Waals surface area contributed by atoms with Gasteiger partial charge in [0.05, 0.1) is 0 Å². The van der Waals surface area contributed by atoms with Crippen molar-refractivity contribution in [2.24, 2.45) is 0 Å². The number of allylic oxidation sites excluding steroid dienone is 1. The fraction of sp³-hybridized carbons (Fsp3) is 0.250. The molecular formula is C12H15NO2. The van der Waals surface area contributed by atoms with Crippen LogP contribution in [0.15, 0.2) is 29.8 Å². The minimum atomic E-state index is -0.0828. The molecule has 1 aromatic carbocycles. The molecule has 15 heavy (non-hydrogen) atoms. The van der Waals surface area contributed by atoms with Crippen LogP contribution in [0.25, 0.3) is 5.57 Å². The predicted octanol–water partition coefficient (Wildman–Crippen LogP) is 1.93. The van der Waals surface area contributed by atoms with Crippen molar-refractivity contribution >= 4 is 11.5 Å². The van der Waals surface area contributed by atoms with Gasteiger partial charge >= 0.3 is 0 Å². The van der Waals surface area contributed by atoms with Crippen LogP contribution in [-0.4, -0.2) is 18.1 Å². The third kappa shape index (κ3) is 2.59. The topological polar surface area (TPSA) is 49.3 Å². The van der Waals surface area contributed by atoms with Gasteiger partial charge in [0.1, 0.15) is 5.75 Å². The fourth-order valence-corrected chi connectivity index (χ4v) is 1.29. The standard InChI is InChI=1S/C12H15NO2/c1-8(9(2)12(15)13-3)10-4-6-11(14)7-5-10/h4-7,14H,1-3H3,(H,13,15)/b9-8+. The molecule has 1 rings (SSSR count). The molecule has 0 aliphatic heterocycles. The molecule has 3 nitrogen and oxygen atoms in total. The molecule has 0 bridgehead atoms. The van der Waals surface area contributed by atoms with E-state index in [2.05, 4.69) is 5.32 Å². The number of phenolic OH excluding ortho intramolecular Hbond substituents is 1. The molecule has 3 heteroatoms. The molecular weight excluding hydrogens is 190 g/mol. The van der Waals surface area contributed by atoms with Crippen LogP contribution in [0, 0.1) is 0 Å². The quantitative estimate of drug-likeness (QED) is 0.725. The number of carbonyl (C=O) groups is 1. The molecule has 1 amide bonds. The number of hydrogen-bond donors (Lipinski definition) is 2. The summed E-state index contributed by atoms with van der Waals surface area (Å²) in [5.41, 5.74) is 2.53. The Morgan fingerprint density at radius 1 is 1.20 bits per heavy atom. The molecule has 0 radical (unpaired) electrons. The van der Waals surface area contributed by atoms with E-state index < -0.39 is 0 Å². The van der Waals surface area contributed by atoms with Crippen molar-refractivity contribution < 1.29 is 9.90 Å². The van der Waals surface area contributed by atoms with Crippen LogP contribution >= 0.6 is 0 Å². The van der Waals surface area contributed by atoms with E-state index >= 15 is 0 Å². The van der Waals surface area contributed by atoms with Crippen molar-refractivity contribution in [2.45, 2.75) is 13.8 Å². The Hall–Kier alpha value is -1.77. The monoisotopic (exact) mass is 205 g/mol. The van der Waals surface area contributed by atoms with Crippen molar-refractivity contribution in [1.29, 1.82) is 0 Å². The summed E-state index contributed by atoms with van der Waals surface area (Å²) in [7, 11) is 1.61. The van der Waals surface area contributed by atoms with Gasteiger partial charge in [-0.1, -0.05) is 12.1 Å². The largest absolute Gasteiger partial charge is 0.508 e. The lowest BCUT2D eigenvalue weighted by molar-refractivity contribution is -0.116. The smallest absolute Gasteiger partial charge is 0.246 e. The van der Waals surface area contributed by atoms with Gasteiger partial charge in [-0.3, -0.25) is 4.79 Å². The van der Waals surface area contributed by atoms with Gasteiger partial charge in [-0.2, -0.15) is 0 Å².